The van der Waals surface area contributed by atoms with E-state index in [1.165, 1.54) is 6.42 Å². The Bertz CT molecular complexity index is 437. The van der Waals surface area contributed by atoms with Gasteiger partial charge in [0.2, 0.25) is 0 Å². The van der Waals surface area contributed by atoms with Crippen molar-refractivity contribution >= 4 is 5.96 Å². The van der Waals surface area contributed by atoms with Gasteiger partial charge in [0.1, 0.15) is 0 Å². The minimum Gasteiger partial charge on any atom is -0.388 e. The molecule has 6 nitrogen and oxygen atoms in total. The second kappa shape index (κ2) is 8.78. The van der Waals surface area contributed by atoms with Gasteiger partial charge in [0.05, 0.1) is 12.1 Å². The van der Waals surface area contributed by atoms with Crippen LogP contribution in [0.4, 0.5) is 0 Å². The van der Waals surface area contributed by atoms with Crippen LogP contribution in [0.25, 0.3) is 0 Å². The summed E-state index contributed by atoms with van der Waals surface area (Å²) in [5.74, 6) is 0.793. The smallest absolute Gasteiger partial charge is 0.191 e. The lowest BCUT2D eigenvalue weighted by molar-refractivity contribution is 0.0131. The number of aliphatic imine (C=N–C) groups is 1. The molecule has 1 aromatic heterocycles. The third-order valence-corrected chi connectivity index (χ3v) is 4.08. The maximum atomic E-state index is 10.5. The standard InChI is InChI=1S/C16H29N5O/c1-2-17-15(18-10-6-12-21-13-7-11-20-21)19-14-16(22)8-4-3-5-9-16/h7,11,13,22H,2-6,8-10,12,14H2,1H3,(H2,17,18,19). The van der Waals surface area contributed by atoms with Crippen LogP contribution in [0.3, 0.4) is 0 Å². The Kier molecular flexibility index (Phi) is 6.71. The van der Waals surface area contributed by atoms with Gasteiger partial charge in [-0.25, -0.2) is 0 Å². The van der Waals surface area contributed by atoms with Crippen LogP contribution in [0, 0.1) is 0 Å². The van der Waals surface area contributed by atoms with Crippen molar-refractivity contribution in [1.82, 2.24) is 20.4 Å². The summed E-state index contributed by atoms with van der Waals surface area (Å²) in [4.78, 5) is 4.57. The summed E-state index contributed by atoms with van der Waals surface area (Å²) in [7, 11) is 0. The zero-order valence-electron chi connectivity index (χ0n) is 13.6. The molecule has 1 aromatic rings. The third-order valence-electron chi connectivity index (χ3n) is 4.08. The van der Waals surface area contributed by atoms with Gasteiger partial charge in [-0.2, -0.15) is 5.10 Å². The van der Waals surface area contributed by atoms with Crippen LogP contribution in [0.1, 0.15) is 45.4 Å². The number of guanidine groups is 1. The number of nitrogens with one attached hydrogen (secondary N) is 2. The monoisotopic (exact) mass is 307 g/mol. The van der Waals surface area contributed by atoms with Crippen LogP contribution in [0.5, 0.6) is 0 Å². The molecule has 3 N–H and O–H groups in total. The Labute approximate surface area is 133 Å². The zero-order valence-corrected chi connectivity index (χ0v) is 13.6. The van der Waals surface area contributed by atoms with E-state index < -0.39 is 5.60 Å². The highest BCUT2D eigenvalue weighted by atomic mass is 16.3. The predicted molar refractivity (Wildman–Crippen MR) is 88.9 cm³/mol. The van der Waals surface area contributed by atoms with Crippen LogP contribution in [-0.2, 0) is 6.54 Å². The summed E-state index contributed by atoms with van der Waals surface area (Å²) >= 11 is 0. The molecule has 0 spiro atoms. The molecule has 1 heterocycles. The molecule has 1 aliphatic rings. The molecule has 22 heavy (non-hydrogen) atoms. The van der Waals surface area contributed by atoms with Crippen molar-refractivity contribution in [2.45, 2.75) is 57.6 Å². The van der Waals surface area contributed by atoms with Crippen molar-refractivity contribution in [3.05, 3.63) is 18.5 Å². The normalized spacial score (nSPS) is 18.2. The van der Waals surface area contributed by atoms with Gasteiger partial charge < -0.3 is 15.7 Å². The van der Waals surface area contributed by atoms with Crippen molar-refractivity contribution in [1.29, 1.82) is 0 Å². The van der Waals surface area contributed by atoms with E-state index in [1.54, 1.807) is 6.20 Å². The first-order chi connectivity index (χ1) is 10.7. The number of hydrogen-bond donors (Lipinski definition) is 3. The molecule has 124 valence electrons. The molecular formula is C16H29N5O. The molecule has 0 saturated heterocycles. The quantitative estimate of drug-likeness (QED) is 0.406. The summed E-state index contributed by atoms with van der Waals surface area (Å²) in [5, 5.41) is 21.3. The maximum Gasteiger partial charge on any atom is 0.191 e. The number of aryl methyl sites for hydroxylation is 1. The van der Waals surface area contributed by atoms with Crippen molar-refractivity contribution in [3.8, 4) is 0 Å². The molecule has 0 unspecified atom stereocenters. The minimum atomic E-state index is -0.602. The van der Waals surface area contributed by atoms with E-state index in [2.05, 4.69) is 27.6 Å². The second-order valence-corrected chi connectivity index (χ2v) is 6.03. The Morgan fingerprint density at radius 2 is 2.14 bits per heavy atom. The zero-order chi connectivity index (χ0) is 15.7. The molecule has 0 aliphatic heterocycles. The minimum absolute atomic E-state index is 0.488. The van der Waals surface area contributed by atoms with Crippen molar-refractivity contribution in [2.75, 3.05) is 19.6 Å². The third kappa shape index (κ3) is 5.67. The molecule has 0 atom stereocenters. The fourth-order valence-corrected chi connectivity index (χ4v) is 2.82. The molecule has 1 aliphatic carbocycles. The Morgan fingerprint density at radius 1 is 1.32 bits per heavy atom. The predicted octanol–water partition coefficient (Wildman–Crippen LogP) is 1.52. The van der Waals surface area contributed by atoms with Gasteiger partial charge in [-0.3, -0.25) is 9.67 Å². The average molecular weight is 307 g/mol. The van der Waals surface area contributed by atoms with E-state index in [-0.39, 0.29) is 0 Å². The maximum absolute atomic E-state index is 10.5. The van der Waals surface area contributed by atoms with Crippen LogP contribution in [-0.4, -0.2) is 46.1 Å². The topological polar surface area (TPSA) is 74.5 Å². The van der Waals surface area contributed by atoms with Gasteiger partial charge in [0.15, 0.2) is 5.96 Å². The van der Waals surface area contributed by atoms with E-state index in [1.807, 2.05) is 16.9 Å². The Hall–Kier alpha value is -1.56. The van der Waals surface area contributed by atoms with E-state index in [9.17, 15) is 5.11 Å². The molecule has 1 fully saturated rings. The van der Waals surface area contributed by atoms with Gasteiger partial charge in [0, 0.05) is 32.0 Å². The molecule has 0 radical (unpaired) electrons. The van der Waals surface area contributed by atoms with Gasteiger partial charge in [-0.15, -0.1) is 0 Å². The number of rotatable bonds is 7. The summed E-state index contributed by atoms with van der Waals surface area (Å²) in [5.41, 5.74) is -0.602. The van der Waals surface area contributed by atoms with Crippen molar-refractivity contribution in [2.24, 2.45) is 4.99 Å². The van der Waals surface area contributed by atoms with Crippen molar-refractivity contribution in [3.63, 3.8) is 0 Å². The summed E-state index contributed by atoms with van der Waals surface area (Å²) < 4.78 is 1.93. The first kappa shape index (κ1) is 16.8. The van der Waals surface area contributed by atoms with Gasteiger partial charge in [0.25, 0.3) is 0 Å². The first-order valence-electron chi connectivity index (χ1n) is 8.44. The van der Waals surface area contributed by atoms with Gasteiger partial charge >= 0.3 is 0 Å². The van der Waals surface area contributed by atoms with Crippen LogP contribution in [0.15, 0.2) is 23.5 Å². The van der Waals surface area contributed by atoms with E-state index in [0.717, 1.165) is 57.7 Å². The highest BCUT2D eigenvalue weighted by molar-refractivity contribution is 5.79. The molecule has 0 amide bonds. The fourth-order valence-electron chi connectivity index (χ4n) is 2.82. The van der Waals surface area contributed by atoms with E-state index in [0.29, 0.717) is 6.54 Å². The largest absolute Gasteiger partial charge is 0.388 e. The number of hydrogen-bond acceptors (Lipinski definition) is 3. The average Bonchev–Trinajstić information content (AvgIpc) is 3.03. The first-order valence-corrected chi connectivity index (χ1v) is 8.44. The lowest BCUT2D eigenvalue weighted by atomic mass is 9.85. The van der Waals surface area contributed by atoms with Crippen LogP contribution >= 0.6 is 0 Å². The molecule has 2 rings (SSSR count). The number of nitrogens with zero attached hydrogens (tertiary/aromatic N) is 3. The Morgan fingerprint density at radius 3 is 2.82 bits per heavy atom. The van der Waals surface area contributed by atoms with Crippen molar-refractivity contribution < 1.29 is 5.11 Å². The second-order valence-electron chi connectivity index (χ2n) is 6.03. The molecule has 1 saturated carbocycles. The molecular weight excluding hydrogens is 278 g/mol. The van der Waals surface area contributed by atoms with Crippen LogP contribution < -0.4 is 10.6 Å². The lowest BCUT2D eigenvalue weighted by Crippen LogP contribution is -2.41. The van der Waals surface area contributed by atoms with Gasteiger partial charge in [-0.1, -0.05) is 19.3 Å². The highest BCUT2D eigenvalue weighted by Crippen LogP contribution is 2.28. The van der Waals surface area contributed by atoms with Gasteiger partial charge in [-0.05, 0) is 32.3 Å². The summed E-state index contributed by atoms with van der Waals surface area (Å²) in [6.45, 7) is 5.09. The number of aromatic nitrogens is 2. The van der Waals surface area contributed by atoms with E-state index in [4.69, 9.17) is 0 Å². The number of aliphatic hydroxyl groups is 1. The lowest BCUT2D eigenvalue weighted by Gasteiger charge is -2.30. The highest BCUT2D eigenvalue weighted by Gasteiger charge is 2.28. The van der Waals surface area contributed by atoms with Crippen LogP contribution in [0.2, 0.25) is 0 Å². The molecule has 6 heteroatoms. The Balaban J connectivity index is 1.74. The SMILES string of the molecule is CCNC(=NCC1(O)CCCCC1)NCCCn1cccn1. The summed E-state index contributed by atoms with van der Waals surface area (Å²) in [6, 6.07) is 1.93. The molecule has 0 aromatic carbocycles. The molecule has 0 bridgehead atoms. The fraction of sp³-hybridized carbons (Fsp3) is 0.750. The van der Waals surface area contributed by atoms with E-state index >= 15 is 0 Å². The summed E-state index contributed by atoms with van der Waals surface area (Å²) in [6.07, 6.45) is 9.94.